The lowest BCUT2D eigenvalue weighted by Crippen LogP contribution is -2.50. The Morgan fingerprint density at radius 3 is 2.57 bits per heavy atom. The number of ether oxygens (including phenoxy) is 1. The third kappa shape index (κ3) is 3.21. The van der Waals surface area contributed by atoms with Gasteiger partial charge in [0.25, 0.3) is 10.0 Å². The molecule has 2 aromatic carbocycles. The highest BCUT2D eigenvalue weighted by Gasteiger charge is 2.45. The molecular weight excluding hydrogens is 376 g/mol. The average molecular weight is 398 g/mol. The zero-order valence-corrected chi connectivity index (χ0v) is 16.8. The standard InChI is InChI=1S/C20H22N4O3S/c1-5-18-17-12-15(27-4)8-11-19(17)24(13-20(18,3)22-23-21)28(25,26)16-9-6-14(2)7-10-16/h5-12,18H,1,13H2,2-4H3/t18-,20+/m0/s1. The molecule has 0 aromatic heterocycles. The Balaban J connectivity index is 2.25. The van der Waals surface area contributed by atoms with Gasteiger partial charge in [0.05, 0.1) is 23.2 Å². The molecule has 0 unspecified atom stereocenters. The average Bonchev–Trinajstić information content (AvgIpc) is 2.67. The molecule has 1 aliphatic rings. The molecule has 7 nitrogen and oxygen atoms in total. The van der Waals surface area contributed by atoms with Crippen LogP contribution in [0.3, 0.4) is 0 Å². The Morgan fingerprint density at radius 2 is 2.00 bits per heavy atom. The van der Waals surface area contributed by atoms with Crippen LogP contribution in [0.4, 0.5) is 5.69 Å². The second-order valence-corrected chi connectivity index (χ2v) is 8.87. The molecule has 0 spiro atoms. The summed E-state index contributed by atoms with van der Waals surface area (Å²) in [6.45, 7) is 7.51. The number of aryl methyl sites for hydroxylation is 1. The number of azide groups is 1. The van der Waals surface area contributed by atoms with E-state index in [2.05, 4.69) is 16.6 Å². The molecule has 2 atom stereocenters. The van der Waals surface area contributed by atoms with Gasteiger partial charge in [-0.25, -0.2) is 8.42 Å². The lowest BCUT2D eigenvalue weighted by Gasteiger charge is -2.43. The van der Waals surface area contributed by atoms with Gasteiger partial charge in [0.15, 0.2) is 0 Å². The molecule has 28 heavy (non-hydrogen) atoms. The predicted molar refractivity (Wildman–Crippen MR) is 109 cm³/mol. The van der Waals surface area contributed by atoms with Crippen molar-refractivity contribution in [3.8, 4) is 5.75 Å². The maximum atomic E-state index is 13.4. The monoisotopic (exact) mass is 398 g/mol. The third-order valence-corrected chi connectivity index (χ3v) is 6.86. The minimum absolute atomic E-state index is 0.00326. The molecule has 0 saturated carbocycles. The molecule has 0 bridgehead atoms. The molecule has 1 aliphatic heterocycles. The number of benzene rings is 2. The fraction of sp³-hybridized carbons (Fsp3) is 0.300. The van der Waals surface area contributed by atoms with E-state index in [4.69, 9.17) is 10.3 Å². The van der Waals surface area contributed by atoms with Crippen molar-refractivity contribution < 1.29 is 13.2 Å². The molecular formula is C20H22N4O3S. The summed E-state index contributed by atoms with van der Waals surface area (Å²) in [6, 6.07) is 11.9. The Bertz CT molecular complexity index is 1060. The highest BCUT2D eigenvalue weighted by molar-refractivity contribution is 7.92. The number of hydrogen-bond acceptors (Lipinski definition) is 4. The smallest absolute Gasteiger partial charge is 0.264 e. The topological polar surface area (TPSA) is 95.4 Å². The summed E-state index contributed by atoms with van der Waals surface area (Å²) in [6.07, 6.45) is 1.68. The van der Waals surface area contributed by atoms with E-state index in [-0.39, 0.29) is 17.4 Å². The Morgan fingerprint density at radius 1 is 1.32 bits per heavy atom. The van der Waals surface area contributed by atoms with Crippen LogP contribution < -0.4 is 9.04 Å². The maximum Gasteiger partial charge on any atom is 0.264 e. The van der Waals surface area contributed by atoms with Gasteiger partial charge in [-0.1, -0.05) is 35.8 Å². The summed E-state index contributed by atoms with van der Waals surface area (Å²) in [5, 5.41) is 3.96. The highest BCUT2D eigenvalue weighted by Crippen LogP contribution is 2.46. The van der Waals surface area contributed by atoms with Gasteiger partial charge in [-0.3, -0.25) is 4.31 Å². The fourth-order valence-electron chi connectivity index (χ4n) is 3.57. The van der Waals surface area contributed by atoms with Crippen LogP contribution in [-0.2, 0) is 10.0 Å². The lowest BCUT2D eigenvalue weighted by atomic mass is 9.77. The van der Waals surface area contributed by atoms with Crippen molar-refractivity contribution in [1.29, 1.82) is 0 Å². The molecule has 146 valence electrons. The fourth-order valence-corrected chi connectivity index (χ4v) is 5.16. The molecule has 0 radical (unpaired) electrons. The number of nitrogens with zero attached hydrogens (tertiary/aromatic N) is 4. The molecule has 0 fully saturated rings. The van der Waals surface area contributed by atoms with Gasteiger partial charge in [0.2, 0.25) is 0 Å². The summed E-state index contributed by atoms with van der Waals surface area (Å²) in [5.74, 6) is 0.224. The summed E-state index contributed by atoms with van der Waals surface area (Å²) in [7, 11) is -2.32. The normalized spacial score (nSPS) is 21.4. The van der Waals surface area contributed by atoms with E-state index in [0.29, 0.717) is 17.0 Å². The summed E-state index contributed by atoms with van der Waals surface area (Å²) in [4.78, 5) is 3.15. The van der Waals surface area contributed by atoms with Gasteiger partial charge in [0, 0.05) is 17.4 Å². The van der Waals surface area contributed by atoms with Crippen molar-refractivity contribution in [3.05, 3.63) is 76.7 Å². The summed E-state index contributed by atoms with van der Waals surface area (Å²) < 4.78 is 33.5. The van der Waals surface area contributed by atoms with Crippen LogP contribution in [-0.4, -0.2) is 27.6 Å². The molecule has 8 heteroatoms. The maximum absolute atomic E-state index is 13.4. The molecule has 0 N–H and O–H groups in total. The lowest BCUT2D eigenvalue weighted by molar-refractivity contribution is 0.402. The van der Waals surface area contributed by atoms with Crippen LogP contribution in [0, 0.1) is 6.92 Å². The van der Waals surface area contributed by atoms with Crippen molar-refractivity contribution >= 4 is 15.7 Å². The van der Waals surface area contributed by atoms with Crippen molar-refractivity contribution in [1.82, 2.24) is 0 Å². The predicted octanol–water partition coefficient (Wildman–Crippen LogP) is 4.55. The number of anilines is 1. The van der Waals surface area contributed by atoms with Crippen LogP contribution in [0.2, 0.25) is 0 Å². The quantitative estimate of drug-likeness (QED) is 0.320. The minimum atomic E-state index is -3.86. The number of methoxy groups -OCH3 is 1. The van der Waals surface area contributed by atoms with Crippen LogP contribution in [0.5, 0.6) is 5.75 Å². The van der Waals surface area contributed by atoms with Crippen molar-refractivity contribution in [2.45, 2.75) is 30.2 Å². The van der Waals surface area contributed by atoms with E-state index in [1.807, 2.05) is 6.92 Å². The Hall–Kier alpha value is -2.96. The van der Waals surface area contributed by atoms with Gasteiger partial charge in [-0.2, -0.15) is 0 Å². The van der Waals surface area contributed by atoms with E-state index in [9.17, 15) is 8.42 Å². The largest absolute Gasteiger partial charge is 0.497 e. The van der Waals surface area contributed by atoms with E-state index in [0.717, 1.165) is 5.56 Å². The number of fused-ring (bicyclic) bond motifs is 1. The highest BCUT2D eigenvalue weighted by atomic mass is 32.2. The second kappa shape index (κ2) is 7.22. The van der Waals surface area contributed by atoms with Gasteiger partial charge in [0.1, 0.15) is 5.75 Å². The second-order valence-electron chi connectivity index (χ2n) is 7.01. The van der Waals surface area contributed by atoms with E-state index < -0.39 is 15.6 Å². The van der Waals surface area contributed by atoms with Gasteiger partial charge in [-0.05, 0) is 48.4 Å². The SMILES string of the molecule is C=C[C@H]1c2cc(OC)ccc2N(S(=O)(=O)c2ccc(C)cc2)C[C@@]1(C)N=[N+]=[N-]. The van der Waals surface area contributed by atoms with E-state index in [1.165, 1.54) is 4.31 Å². The first kappa shape index (κ1) is 19.8. The number of rotatable bonds is 5. The molecule has 2 aromatic rings. The van der Waals surface area contributed by atoms with Gasteiger partial charge in [-0.15, -0.1) is 6.58 Å². The van der Waals surface area contributed by atoms with Crippen LogP contribution in [0.25, 0.3) is 10.4 Å². The number of hydrogen-bond donors (Lipinski definition) is 0. The Kier molecular flexibility index (Phi) is 5.10. The molecule has 0 saturated heterocycles. The van der Waals surface area contributed by atoms with Gasteiger partial charge < -0.3 is 4.74 Å². The first-order chi connectivity index (χ1) is 13.3. The minimum Gasteiger partial charge on any atom is -0.497 e. The Labute approximate surface area is 164 Å². The molecule has 0 amide bonds. The summed E-state index contributed by atoms with van der Waals surface area (Å²) in [5.41, 5.74) is 10.3. The molecule has 3 rings (SSSR count). The first-order valence-corrected chi connectivity index (χ1v) is 10.2. The van der Waals surface area contributed by atoms with Crippen molar-refractivity contribution in [2.24, 2.45) is 5.11 Å². The number of sulfonamides is 1. The zero-order chi connectivity index (χ0) is 20.5. The zero-order valence-electron chi connectivity index (χ0n) is 16.0. The van der Waals surface area contributed by atoms with Crippen molar-refractivity contribution in [2.75, 3.05) is 18.0 Å². The third-order valence-electron chi connectivity index (χ3n) is 5.09. The van der Waals surface area contributed by atoms with Crippen LogP contribution in [0.1, 0.15) is 24.0 Å². The van der Waals surface area contributed by atoms with Crippen LogP contribution >= 0.6 is 0 Å². The van der Waals surface area contributed by atoms with Crippen molar-refractivity contribution in [3.63, 3.8) is 0 Å². The van der Waals surface area contributed by atoms with E-state index in [1.54, 1.807) is 62.6 Å². The van der Waals surface area contributed by atoms with E-state index >= 15 is 0 Å². The van der Waals surface area contributed by atoms with Crippen LogP contribution in [0.15, 0.2) is 65.1 Å². The summed E-state index contributed by atoms with van der Waals surface area (Å²) >= 11 is 0. The molecule has 1 heterocycles. The van der Waals surface area contributed by atoms with Gasteiger partial charge >= 0.3 is 0 Å². The molecule has 0 aliphatic carbocycles. The first-order valence-electron chi connectivity index (χ1n) is 8.73.